The maximum atomic E-state index is 14.2. The summed E-state index contributed by atoms with van der Waals surface area (Å²) in [4.78, 5) is 44.0. The lowest BCUT2D eigenvalue weighted by atomic mass is 9.77. The first-order chi connectivity index (χ1) is 21.9. The summed E-state index contributed by atoms with van der Waals surface area (Å²) in [7, 11) is 18.4. The fourth-order valence-corrected chi connectivity index (χ4v) is 5.75. The molecule has 6 radical (unpaired) electrons. The van der Waals surface area contributed by atoms with Crippen molar-refractivity contribution in [1.29, 1.82) is 0 Å². The molecule has 1 amide bonds. The highest BCUT2D eigenvalue weighted by Gasteiger charge is 2.26. The quantitative estimate of drug-likeness (QED) is 0.152. The van der Waals surface area contributed by atoms with Crippen LogP contribution in [-0.2, 0) is 11.2 Å². The van der Waals surface area contributed by atoms with Crippen molar-refractivity contribution < 1.29 is 4.79 Å². The van der Waals surface area contributed by atoms with Gasteiger partial charge in [-0.15, -0.1) is 0 Å². The fourth-order valence-electron chi connectivity index (χ4n) is 5.50. The first kappa shape index (κ1) is 34.8. The van der Waals surface area contributed by atoms with Crippen molar-refractivity contribution in [3.63, 3.8) is 0 Å². The van der Waals surface area contributed by atoms with E-state index in [1.54, 1.807) is 23.2 Å². The van der Waals surface area contributed by atoms with E-state index in [2.05, 4.69) is 16.5 Å². The molecule has 8 nitrogen and oxygen atoms in total. The summed E-state index contributed by atoms with van der Waals surface area (Å²) < 4.78 is 1.50. The maximum absolute atomic E-state index is 14.2. The van der Waals surface area contributed by atoms with Crippen molar-refractivity contribution in [2.45, 2.75) is 59.4 Å². The number of aryl methyl sites for hydroxylation is 1. The van der Waals surface area contributed by atoms with Crippen molar-refractivity contribution in [1.82, 2.24) is 24.4 Å². The molecule has 0 unspecified atom stereocenters. The molecule has 0 aliphatic rings. The van der Waals surface area contributed by atoms with Crippen LogP contribution >= 0.6 is 11.6 Å². The molecule has 0 aliphatic heterocycles. The lowest BCUT2D eigenvalue weighted by Crippen LogP contribution is -2.44. The highest BCUT2D eigenvalue weighted by molar-refractivity contribution is 6.50. The third-order valence-electron chi connectivity index (χ3n) is 7.71. The molecule has 3 heterocycles. The van der Waals surface area contributed by atoms with Gasteiger partial charge >= 0.3 is 5.69 Å². The van der Waals surface area contributed by atoms with Gasteiger partial charge in [0.2, 0.25) is 13.9 Å². The van der Waals surface area contributed by atoms with Gasteiger partial charge in [-0.2, -0.15) is 10.4 Å². The first-order valence-corrected chi connectivity index (χ1v) is 15.7. The van der Waals surface area contributed by atoms with Crippen LogP contribution in [0.1, 0.15) is 63.8 Å². The molecule has 0 N–H and O–H groups in total. The monoisotopic (exact) mass is 628 g/mol. The molecule has 0 aliphatic carbocycles. The van der Waals surface area contributed by atoms with Crippen LogP contribution in [0.4, 0.5) is 5.82 Å². The van der Waals surface area contributed by atoms with E-state index in [4.69, 9.17) is 40.3 Å². The third-order valence-corrected chi connectivity index (χ3v) is 8.00. The number of aromatic nitrogens is 4. The summed E-state index contributed by atoms with van der Waals surface area (Å²) in [6.07, 6.45) is 6.05. The van der Waals surface area contributed by atoms with E-state index in [0.717, 1.165) is 17.7 Å². The Morgan fingerprint density at radius 2 is 1.85 bits per heavy atom. The van der Waals surface area contributed by atoms with Crippen molar-refractivity contribution in [2.75, 3.05) is 17.9 Å². The van der Waals surface area contributed by atoms with Crippen LogP contribution in [0.3, 0.4) is 0 Å². The van der Waals surface area contributed by atoms with E-state index < -0.39 is 11.7 Å². The van der Waals surface area contributed by atoms with Crippen LogP contribution in [0.2, 0.25) is 5.02 Å². The number of anilines is 1. The van der Waals surface area contributed by atoms with Gasteiger partial charge in [-0.25, -0.2) is 14.3 Å². The second-order valence-corrected chi connectivity index (χ2v) is 11.8. The van der Waals surface area contributed by atoms with E-state index in [9.17, 15) is 9.59 Å². The summed E-state index contributed by atoms with van der Waals surface area (Å²) in [5.74, 6) is -0.0358. The molecule has 46 heavy (non-hydrogen) atoms. The molecule has 4 aromatic rings. The molecule has 4 rings (SSSR count). The molecule has 3 aromatic heterocycles. The lowest BCUT2D eigenvalue weighted by Gasteiger charge is -2.32. The number of carbonyl (C=O) groups excluding carboxylic acids is 1. The summed E-state index contributed by atoms with van der Waals surface area (Å²) in [5, 5.41) is 0.877. The smallest absolute Gasteiger partial charge is 0.355 e. The number of benzene rings is 1. The van der Waals surface area contributed by atoms with Gasteiger partial charge in [-0.05, 0) is 55.0 Å². The number of rotatable bonds is 12. The molecule has 0 fully saturated rings. The van der Waals surface area contributed by atoms with Gasteiger partial charge in [0, 0.05) is 30.9 Å². The molecule has 1 aromatic carbocycles. The molecule has 0 saturated carbocycles. The third kappa shape index (κ3) is 7.15. The zero-order valence-electron chi connectivity index (χ0n) is 27.0. The average Bonchev–Trinajstić information content (AvgIpc) is 3.03. The number of amides is 1. The van der Waals surface area contributed by atoms with Gasteiger partial charge in [0.15, 0.2) is 5.65 Å². The maximum Gasteiger partial charge on any atom is 0.355 e. The van der Waals surface area contributed by atoms with Crippen LogP contribution in [0, 0.1) is 0 Å². The van der Waals surface area contributed by atoms with Crippen LogP contribution in [0.5, 0.6) is 0 Å². The van der Waals surface area contributed by atoms with Crippen LogP contribution in [0.15, 0.2) is 65.4 Å². The second-order valence-electron chi connectivity index (χ2n) is 11.4. The SMILES string of the molecule is [B]C([B])=Cc1ccccc1-c1nc2c(cc1Cl)c(N([B])[C@@H](C)CN(CCC)C(=O)C=C)nc(=O)n2-c1c(CC)ccnc1C(C)C. The Morgan fingerprint density at radius 1 is 1.13 bits per heavy atom. The van der Waals surface area contributed by atoms with E-state index >= 15 is 0 Å². The molecule has 12 heteroatoms. The summed E-state index contributed by atoms with van der Waals surface area (Å²) in [5.41, 5.74) is 3.77. The Labute approximate surface area is 279 Å². The number of pyridine rings is 2. The van der Waals surface area contributed by atoms with Gasteiger partial charge in [-0.3, -0.25) is 9.78 Å². The Hall–Kier alpha value is -4.11. The van der Waals surface area contributed by atoms with Crippen molar-refractivity contribution >= 4 is 64.1 Å². The zero-order valence-corrected chi connectivity index (χ0v) is 27.8. The Bertz CT molecular complexity index is 1860. The van der Waals surface area contributed by atoms with Gasteiger partial charge in [0.05, 0.1) is 43.2 Å². The van der Waals surface area contributed by atoms with E-state index in [1.165, 1.54) is 15.5 Å². The Kier molecular flexibility index (Phi) is 11.3. The minimum absolute atomic E-state index is 0.00809. The summed E-state index contributed by atoms with van der Waals surface area (Å²) in [6, 6.07) is 10.6. The van der Waals surface area contributed by atoms with Crippen LogP contribution in [0.25, 0.3) is 34.1 Å². The molecule has 0 spiro atoms. The average molecular weight is 629 g/mol. The first-order valence-electron chi connectivity index (χ1n) is 15.3. The van der Waals surface area contributed by atoms with E-state index in [-0.39, 0.29) is 29.6 Å². The lowest BCUT2D eigenvalue weighted by molar-refractivity contribution is -0.126. The minimum Gasteiger partial charge on any atom is -0.405 e. The minimum atomic E-state index is -0.581. The van der Waals surface area contributed by atoms with Crippen LogP contribution < -0.4 is 10.5 Å². The van der Waals surface area contributed by atoms with E-state index in [1.807, 2.05) is 65.0 Å². The summed E-state index contributed by atoms with van der Waals surface area (Å²) in [6.45, 7) is 14.3. The van der Waals surface area contributed by atoms with E-state index in [0.29, 0.717) is 51.5 Å². The largest absolute Gasteiger partial charge is 0.405 e. The second kappa shape index (κ2) is 15.0. The van der Waals surface area contributed by atoms with Crippen molar-refractivity contribution in [3.05, 3.63) is 92.9 Å². The number of halogens is 1. The molecular weight excluding hydrogens is 592 g/mol. The summed E-state index contributed by atoms with van der Waals surface area (Å²) >= 11 is 6.97. The Morgan fingerprint density at radius 3 is 2.48 bits per heavy atom. The number of nitrogens with zero attached hydrogens (tertiary/aromatic N) is 6. The molecule has 1 atom stereocenters. The van der Waals surface area contributed by atoms with Gasteiger partial charge in [0.1, 0.15) is 5.82 Å². The molecular formula is C34H36B3ClN6O2. The van der Waals surface area contributed by atoms with Gasteiger partial charge < -0.3 is 9.71 Å². The topological polar surface area (TPSA) is 84.2 Å². The normalized spacial score (nSPS) is 11.8. The number of hydrogen-bond acceptors (Lipinski definition) is 6. The molecule has 0 saturated heterocycles. The standard InChI is InChI=1S/C34H36B3ClN6O2/c1-7-16-42(28(45)9-3)19-21(6)44(37)33-25-18-26(38)30(24-13-11-10-12-23(24)17-27(35)36)40-32(25)43(34(46)41-33)31-22(8-2)14-15-39-29(31)20(4)5/h9-15,17-18,20-21H,3,7-8,16,19H2,1-2,4-6H3/t21-/m0/s1. The molecule has 0 bridgehead atoms. The number of hydrogen-bond donors (Lipinski definition) is 0. The van der Waals surface area contributed by atoms with Gasteiger partial charge in [0.25, 0.3) is 0 Å². The zero-order chi connectivity index (χ0) is 33.7. The predicted octanol–water partition coefficient (Wildman–Crippen LogP) is 5.52. The van der Waals surface area contributed by atoms with Crippen LogP contribution in [-0.4, -0.2) is 73.1 Å². The van der Waals surface area contributed by atoms with Crippen molar-refractivity contribution in [3.8, 4) is 16.9 Å². The van der Waals surface area contributed by atoms with Gasteiger partial charge in [-0.1, -0.05) is 76.2 Å². The predicted molar refractivity (Wildman–Crippen MR) is 191 cm³/mol. The highest BCUT2D eigenvalue weighted by atomic mass is 35.5. The highest BCUT2D eigenvalue weighted by Crippen LogP contribution is 2.36. The van der Waals surface area contributed by atoms with Crippen molar-refractivity contribution in [2.24, 2.45) is 0 Å². The molecule has 230 valence electrons. The fraction of sp³-hybridized carbons (Fsp3) is 0.324. The number of fused-ring (bicyclic) bond motifs is 1. The Balaban J connectivity index is 2.07. The number of carbonyl (C=O) groups is 1.